The molecule has 1 aromatic rings. The summed E-state index contributed by atoms with van der Waals surface area (Å²) in [5.74, 6) is 3.87. The second kappa shape index (κ2) is 5.87. The number of likely N-dealkylation sites (N-methyl/N-ethyl adjacent to an activating group) is 1. The fourth-order valence-electron chi connectivity index (χ4n) is 1.82. The summed E-state index contributed by atoms with van der Waals surface area (Å²) in [6.07, 6.45) is 4.68. The monoisotopic (exact) mass is 243 g/mol. The average Bonchev–Trinajstić information content (AvgIpc) is 2.80. The smallest absolute Gasteiger partial charge is 0.0935 e. The quantitative estimate of drug-likeness (QED) is 0.877. The first-order valence-electron chi connectivity index (χ1n) is 5.28. The molecule has 0 spiro atoms. The highest BCUT2D eigenvalue weighted by Gasteiger charge is 2.23. The second-order valence-electron chi connectivity index (χ2n) is 3.72. The lowest BCUT2D eigenvalue weighted by Gasteiger charge is -2.29. The zero-order valence-corrected chi connectivity index (χ0v) is 10.6. The van der Waals surface area contributed by atoms with E-state index in [9.17, 15) is 0 Å². The van der Waals surface area contributed by atoms with Crippen LogP contribution in [0.2, 0.25) is 0 Å². The molecule has 1 N–H and O–H groups in total. The van der Waals surface area contributed by atoms with Crippen LogP contribution < -0.4 is 5.32 Å². The Morgan fingerprint density at radius 3 is 3.13 bits per heavy atom. The van der Waals surface area contributed by atoms with E-state index in [0.717, 1.165) is 11.7 Å². The second-order valence-corrected chi connectivity index (χ2v) is 6.21. The van der Waals surface area contributed by atoms with E-state index in [1.165, 1.54) is 22.8 Å². The van der Waals surface area contributed by atoms with Crippen molar-refractivity contribution in [2.24, 2.45) is 0 Å². The minimum atomic E-state index is 0.570. The van der Waals surface area contributed by atoms with Gasteiger partial charge < -0.3 is 9.73 Å². The summed E-state index contributed by atoms with van der Waals surface area (Å²) >= 11 is 4.18. The Balaban J connectivity index is 1.91. The van der Waals surface area contributed by atoms with Crippen LogP contribution in [0.5, 0.6) is 0 Å². The zero-order chi connectivity index (χ0) is 10.5. The summed E-state index contributed by atoms with van der Waals surface area (Å²) in [6, 6.07) is 2.63. The van der Waals surface area contributed by atoms with Crippen molar-refractivity contribution in [1.29, 1.82) is 0 Å². The van der Waals surface area contributed by atoms with Gasteiger partial charge >= 0.3 is 0 Å². The highest BCUT2D eigenvalue weighted by molar-refractivity contribution is 8.06. The van der Waals surface area contributed by atoms with E-state index in [1.54, 1.807) is 6.26 Å². The van der Waals surface area contributed by atoms with Crippen LogP contribution in [0.3, 0.4) is 0 Å². The van der Waals surface area contributed by atoms with E-state index >= 15 is 0 Å². The number of thioether (sulfide) groups is 2. The summed E-state index contributed by atoms with van der Waals surface area (Å²) < 4.78 is 5.11. The van der Waals surface area contributed by atoms with Crippen LogP contribution in [0, 0.1) is 0 Å². The van der Waals surface area contributed by atoms with Crippen molar-refractivity contribution in [2.45, 2.75) is 17.7 Å². The standard InChI is InChI=1S/C11H17NOS2/c1-12-10(6-9-2-3-13-7-9)11-8-14-4-5-15-11/h2-3,7,10-12H,4-6,8H2,1H3. The number of hydrogen-bond donors (Lipinski definition) is 1. The van der Waals surface area contributed by atoms with E-state index < -0.39 is 0 Å². The summed E-state index contributed by atoms with van der Waals surface area (Å²) in [4.78, 5) is 0. The lowest BCUT2D eigenvalue weighted by Crippen LogP contribution is -2.40. The molecule has 15 heavy (non-hydrogen) atoms. The highest BCUT2D eigenvalue weighted by Crippen LogP contribution is 2.27. The largest absolute Gasteiger partial charge is 0.472 e. The number of hydrogen-bond acceptors (Lipinski definition) is 4. The normalized spacial score (nSPS) is 23.9. The maximum Gasteiger partial charge on any atom is 0.0935 e. The van der Waals surface area contributed by atoms with Crippen molar-refractivity contribution in [3.63, 3.8) is 0 Å². The molecular weight excluding hydrogens is 226 g/mol. The first kappa shape index (κ1) is 11.4. The molecule has 2 heterocycles. The van der Waals surface area contributed by atoms with Crippen molar-refractivity contribution in [3.8, 4) is 0 Å². The Morgan fingerprint density at radius 2 is 2.53 bits per heavy atom. The first-order chi connectivity index (χ1) is 7.40. The van der Waals surface area contributed by atoms with Gasteiger partial charge in [-0.25, -0.2) is 0 Å². The predicted molar refractivity (Wildman–Crippen MR) is 68.8 cm³/mol. The fourth-order valence-corrected chi connectivity index (χ4v) is 4.75. The van der Waals surface area contributed by atoms with Gasteiger partial charge in [-0.2, -0.15) is 23.5 Å². The van der Waals surface area contributed by atoms with E-state index in [0.29, 0.717) is 6.04 Å². The molecule has 1 fully saturated rings. The van der Waals surface area contributed by atoms with Crippen LogP contribution >= 0.6 is 23.5 Å². The molecule has 2 rings (SSSR count). The highest BCUT2D eigenvalue weighted by atomic mass is 32.2. The van der Waals surface area contributed by atoms with Crippen molar-refractivity contribution in [3.05, 3.63) is 24.2 Å². The molecule has 0 aromatic carbocycles. The Labute approximate surface area is 99.6 Å². The molecule has 2 unspecified atom stereocenters. The molecular formula is C11H17NOS2. The summed E-state index contributed by atoms with van der Waals surface area (Å²) in [5, 5.41) is 4.17. The molecule has 0 amide bonds. The van der Waals surface area contributed by atoms with Crippen LogP contribution in [-0.2, 0) is 6.42 Å². The number of rotatable bonds is 4. The minimum absolute atomic E-state index is 0.570. The molecule has 0 bridgehead atoms. The Bertz CT molecular complexity index is 270. The molecule has 84 valence electrons. The topological polar surface area (TPSA) is 25.2 Å². The lowest BCUT2D eigenvalue weighted by atomic mass is 10.1. The van der Waals surface area contributed by atoms with Crippen LogP contribution in [0.4, 0.5) is 0 Å². The summed E-state index contributed by atoms with van der Waals surface area (Å²) in [7, 11) is 2.06. The number of nitrogens with one attached hydrogen (secondary N) is 1. The van der Waals surface area contributed by atoms with Gasteiger partial charge in [0.1, 0.15) is 0 Å². The van der Waals surface area contributed by atoms with Crippen LogP contribution in [-0.4, -0.2) is 35.6 Å². The van der Waals surface area contributed by atoms with Gasteiger partial charge in [-0.1, -0.05) is 0 Å². The Kier molecular flexibility index (Phi) is 4.47. The third-order valence-corrected chi connectivity index (χ3v) is 5.62. The Hall–Kier alpha value is -0.0600. The molecule has 2 atom stereocenters. The maximum absolute atomic E-state index is 5.11. The van der Waals surface area contributed by atoms with Crippen molar-refractivity contribution in [2.75, 3.05) is 24.3 Å². The maximum atomic E-state index is 5.11. The molecule has 2 nitrogen and oxygen atoms in total. The van der Waals surface area contributed by atoms with Gasteiger partial charge in [0.05, 0.1) is 12.5 Å². The van der Waals surface area contributed by atoms with Gasteiger partial charge in [-0.15, -0.1) is 0 Å². The van der Waals surface area contributed by atoms with Gasteiger partial charge in [0.15, 0.2) is 0 Å². The third kappa shape index (κ3) is 3.20. The average molecular weight is 243 g/mol. The molecule has 1 aliphatic rings. The van der Waals surface area contributed by atoms with E-state index in [2.05, 4.69) is 42.0 Å². The molecule has 1 aromatic heterocycles. The van der Waals surface area contributed by atoms with Crippen LogP contribution in [0.1, 0.15) is 5.56 Å². The molecule has 0 radical (unpaired) electrons. The first-order valence-corrected chi connectivity index (χ1v) is 7.48. The van der Waals surface area contributed by atoms with Crippen molar-refractivity contribution >= 4 is 23.5 Å². The van der Waals surface area contributed by atoms with E-state index in [4.69, 9.17) is 4.42 Å². The molecule has 1 aliphatic heterocycles. The third-order valence-electron chi connectivity index (χ3n) is 2.70. The summed E-state index contributed by atoms with van der Waals surface area (Å²) in [5.41, 5.74) is 1.30. The predicted octanol–water partition coefficient (Wildman–Crippen LogP) is 2.26. The van der Waals surface area contributed by atoms with Gasteiger partial charge in [0.25, 0.3) is 0 Å². The van der Waals surface area contributed by atoms with Crippen LogP contribution in [0.25, 0.3) is 0 Å². The minimum Gasteiger partial charge on any atom is -0.472 e. The lowest BCUT2D eigenvalue weighted by molar-refractivity contribution is 0.539. The van der Waals surface area contributed by atoms with Gasteiger partial charge in [0.2, 0.25) is 0 Å². The van der Waals surface area contributed by atoms with Crippen molar-refractivity contribution < 1.29 is 4.42 Å². The van der Waals surface area contributed by atoms with Gasteiger partial charge in [0, 0.05) is 28.6 Å². The molecule has 0 saturated carbocycles. The van der Waals surface area contributed by atoms with Gasteiger partial charge in [-0.05, 0) is 25.1 Å². The summed E-state index contributed by atoms with van der Waals surface area (Å²) in [6.45, 7) is 0. The van der Waals surface area contributed by atoms with Crippen LogP contribution in [0.15, 0.2) is 23.0 Å². The fraction of sp³-hybridized carbons (Fsp3) is 0.636. The van der Waals surface area contributed by atoms with E-state index in [-0.39, 0.29) is 0 Å². The molecule has 0 aliphatic carbocycles. The number of furan rings is 1. The van der Waals surface area contributed by atoms with E-state index in [1.807, 2.05) is 6.26 Å². The van der Waals surface area contributed by atoms with Gasteiger partial charge in [-0.3, -0.25) is 0 Å². The molecule has 4 heteroatoms. The molecule has 1 saturated heterocycles. The van der Waals surface area contributed by atoms with Crippen molar-refractivity contribution in [1.82, 2.24) is 5.32 Å². The zero-order valence-electron chi connectivity index (χ0n) is 8.94. The SMILES string of the molecule is CNC(Cc1ccoc1)C1CSCCS1. The Morgan fingerprint density at radius 1 is 1.60 bits per heavy atom.